The van der Waals surface area contributed by atoms with Crippen LogP contribution in [0.2, 0.25) is 0 Å². The number of carbonyl (C=O) groups is 1. The van der Waals surface area contributed by atoms with Crippen molar-refractivity contribution in [1.82, 2.24) is 45.4 Å². The third kappa shape index (κ3) is 3.71. The lowest BCUT2D eigenvalue weighted by Crippen LogP contribution is -2.20. The van der Waals surface area contributed by atoms with E-state index in [0.717, 1.165) is 16.4 Å². The highest BCUT2D eigenvalue weighted by Gasteiger charge is 2.35. The average Bonchev–Trinajstić information content (AvgIpc) is 3.19. The predicted octanol–water partition coefficient (Wildman–Crippen LogP) is 0.206. The summed E-state index contributed by atoms with van der Waals surface area (Å²) in [5, 5.41) is 21.8. The molecule has 0 unspecified atom stereocenters. The molecule has 0 saturated heterocycles. The zero-order valence-corrected chi connectivity index (χ0v) is 14.7. The minimum absolute atomic E-state index is 0.0525. The van der Waals surface area contributed by atoms with Crippen LogP contribution in [0.3, 0.4) is 0 Å². The van der Waals surface area contributed by atoms with Gasteiger partial charge in [-0.05, 0) is 26.9 Å². The fourth-order valence-corrected chi connectivity index (χ4v) is 3.03. The van der Waals surface area contributed by atoms with Crippen LogP contribution in [0, 0.1) is 0 Å². The summed E-state index contributed by atoms with van der Waals surface area (Å²) in [6.07, 6.45) is -4.75. The van der Waals surface area contributed by atoms with Crippen molar-refractivity contribution in [2.75, 3.05) is 0 Å². The monoisotopic (exact) mass is 400 g/mol. The van der Waals surface area contributed by atoms with Crippen LogP contribution in [0.1, 0.15) is 21.7 Å². The predicted molar refractivity (Wildman–Crippen MR) is 83.9 cm³/mol. The van der Waals surface area contributed by atoms with Gasteiger partial charge < -0.3 is 5.73 Å². The van der Waals surface area contributed by atoms with Crippen LogP contribution in [-0.4, -0.2) is 51.3 Å². The Morgan fingerprint density at radius 1 is 1.19 bits per heavy atom. The van der Waals surface area contributed by atoms with Crippen molar-refractivity contribution < 1.29 is 18.0 Å². The zero-order chi connectivity index (χ0) is 19.8. The highest BCUT2D eigenvalue weighted by molar-refractivity contribution is 7.98. The van der Waals surface area contributed by atoms with Crippen LogP contribution in [0.15, 0.2) is 11.2 Å². The Balaban J connectivity index is 2.16. The van der Waals surface area contributed by atoms with Gasteiger partial charge in [-0.15, -0.1) is 10.2 Å². The Hall–Kier alpha value is -3.10. The number of rotatable bonds is 5. The van der Waals surface area contributed by atoms with E-state index in [-0.39, 0.29) is 28.4 Å². The number of alkyl halides is 3. The number of halogens is 3. The standard InChI is InChI=1S/C12H11F3N10OS/c1-24-10(18-20-22-24)5-3-7(12(13,14)15)17-6(8(5)9(16)26)4-27-11-19-21-23-25(11)2/h3H,4H2,1-2H3,(H2,16,26). The number of nitrogens with two attached hydrogens (primary N) is 1. The number of aromatic nitrogens is 9. The molecule has 15 heteroatoms. The lowest BCUT2D eigenvalue weighted by Gasteiger charge is -2.14. The summed E-state index contributed by atoms with van der Waals surface area (Å²) >= 11 is 0.999. The van der Waals surface area contributed by atoms with Gasteiger partial charge in [0, 0.05) is 25.4 Å². The average molecular weight is 400 g/mol. The van der Waals surface area contributed by atoms with E-state index in [4.69, 9.17) is 5.73 Å². The number of amides is 1. The minimum Gasteiger partial charge on any atom is -0.366 e. The maximum Gasteiger partial charge on any atom is 0.433 e. The summed E-state index contributed by atoms with van der Waals surface area (Å²) in [5.74, 6) is -1.14. The molecule has 0 saturated carbocycles. The number of carbonyl (C=O) groups excluding carboxylic acids is 1. The van der Waals surface area contributed by atoms with Crippen LogP contribution < -0.4 is 5.73 Å². The van der Waals surface area contributed by atoms with E-state index in [1.54, 1.807) is 7.05 Å². The lowest BCUT2D eigenvalue weighted by atomic mass is 10.0. The summed E-state index contributed by atoms with van der Waals surface area (Å²) in [6, 6.07) is 0.698. The van der Waals surface area contributed by atoms with E-state index in [1.165, 1.54) is 11.7 Å². The number of aryl methyl sites for hydroxylation is 2. The molecule has 0 spiro atoms. The summed E-state index contributed by atoms with van der Waals surface area (Å²) in [4.78, 5) is 15.6. The van der Waals surface area contributed by atoms with Gasteiger partial charge in [-0.3, -0.25) is 4.79 Å². The van der Waals surface area contributed by atoms with E-state index in [0.29, 0.717) is 11.2 Å². The molecule has 27 heavy (non-hydrogen) atoms. The molecule has 1 amide bonds. The number of hydrogen-bond acceptors (Lipinski definition) is 9. The van der Waals surface area contributed by atoms with Gasteiger partial charge in [0.05, 0.1) is 11.3 Å². The van der Waals surface area contributed by atoms with Crippen LogP contribution in [0.25, 0.3) is 11.4 Å². The number of hydrogen-bond donors (Lipinski definition) is 1. The quantitative estimate of drug-likeness (QED) is 0.594. The molecule has 0 atom stereocenters. The molecular formula is C12H11F3N10OS. The number of pyridine rings is 1. The van der Waals surface area contributed by atoms with E-state index in [1.807, 2.05) is 0 Å². The fourth-order valence-electron chi connectivity index (χ4n) is 2.23. The molecule has 2 N–H and O–H groups in total. The van der Waals surface area contributed by atoms with Crippen molar-refractivity contribution in [1.29, 1.82) is 0 Å². The zero-order valence-electron chi connectivity index (χ0n) is 13.8. The van der Waals surface area contributed by atoms with Crippen molar-refractivity contribution >= 4 is 17.7 Å². The largest absolute Gasteiger partial charge is 0.433 e. The first-order valence-corrected chi connectivity index (χ1v) is 8.16. The molecule has 0 bridgehead atoms. The van der Waals surface area contributed by atoms with Gasteiger partial charge in [0.1, 0.15) is 5.69 Å². The van der Waals surface area contributed by atoms with Gasteiger partial charge in [-0.25, -0.2) is 14.3 Å². The Kier molecular flexibility index (Phi) is 4.77. The third-order valence-electron chi connectivity index (χ3n) is 3.41. The SMILES string of the molecule is Cn1nnnc1SCc1nc(C(F)(F)F)cc(-c2nnnn2C)c1C(N)=O. The smallest absolute Gasteiger partial charge is 0.366 e. The summed E-state index contributed by atoms with van der Waals surface area (Å²) in [6.45, 7) is 0. The molecule has 0 aromatic carbocycles. The van der Waals surface area contributed by atoms with Crippen LogP contribution >= 0.6 is 11.8 Å². The van der Waals surface area contributed by atoms with Gasteiger partial charge in [0.25, 0.3) is 5.91 Å². The number of primary amides is 1. The Labute approximate surface area is 153 Å². The molecule has 3 rings (SSSR count). The van der Waals surface area contributed by atoms with Gasteiger partial charge in [-0.1, -0.05) is 11.8 Å². The van der Waals surface area contributed by atoms with Crippen LogP contribution in [0.5, 0.6) is 0 Å². The van der Waals surface area contributed by atoms with E-state index in [2.05, 4.69) is 36.0 Å². The maximum atomic E-state index is 13.3. The second-order valence-electron chi connectivity index (χ2n) is 5.24. The summed E-state index contributed by atoms with van der Waals surface area (Å²) in [5.41, 5.74) is 3.67. The molecule has 142 valence electrons. The van der Waals surface area contributed by atoms with Gasteiger partial charge >= 0.3 is 6.18 Å². The van der Waals surface area contributed by atoms with Crippen LogP contribution in [0.4, 0.5) is 13.2 Å². The molecule has 0 aliphatic rings. The van der Waals surface area contributed by atoms with Crippen molar-refractivity contribution in [3.63, 3.8) is 0 Å². The molecule has 3 heterocycles. The molecule has 0 fully saturated rings. The first-order chi connectivity index (χ1) is 12.7. The lowest BCUT2D eigenvalue weighted by molar-refractivity contribution is -0.141. The summed E-state index contributed by atoms with van der Waals surface area (Å²) < 4.78 is 42.4. The molecule has 3 aromatic heterocycles. The second-order valence-corrected chi connectivity index (χ2v) is 6.18. The number of nitrogens with zero attached hydrogens (tertiary/aromatic N) is 9. The third-order valence-corrected chi connectivity index (χ3v) is 4.43. The number of tetrazole rings is 2. The van der Waals surface area contributed by atoms with Gasteiger partial charge in [0.2, 0.25) is 5.16 Å². The Morgan fingerprint density at radius 2 is 1.85 bits per heavy atom. The Bertz CT molecular complexity index is 998. The topological polar surface area (TPSA) is 143 Å². The molecule has 11 nitrogen and oxygen atoms in total. The molecule has 3 aromatic rings. The number of thioether (sulfide) groups is 1. The van der Waals surface area contributed by atoms with Gasteiger partial charge in [-0.2, -0.15) is 13.2 Å². The minimum atomic E-state index is -4.75. The van der Waals surface area contributed by atoms with Gasteiger partial charge in [0.15, 0.2) is 5.82 Å². The first-order valence-electron chi connectivity index (χ1n) is 7.17. The molecule has 0 radical (unpaired) electrons. The van der Waals surface area contributed by atoms with Crippen molar-refractivity contribution in [2.24, 2.45) is 19.8 Å². The molecular weight excluding hydrogens is 389 g/mol. The van der Waals surface area contributed by atoms with Crippen molar-refractivity contribution in [2.45, 2.75) is 17.1 Å². The normalized spacial score (nSPS) is 11.7. The maximum absolute atomic E-state index is 13.3. The second kappa shape index (κ2) is 6.90. The first kappa shape index (κ1) is 18.7. The highest BCUT2D eigenvalue weighted by Crippen LogP contribution is 2.34. The highest BCUT2D eigenvalue weighted by atomic mass is 32.2. The van der Waals surface area contributed by atoms with Crippen LogP contribution in [-0.2, 0) is 26.0 Å². The van der Waals surface area contributed by atoms with E-state index < -0.39 is 17.8 Å². The molecule has 0 aliphatic carbocycles. The van der Waals surface area contributed by atoms with E-state index in [9.17, 15) is 18.0 Å². The van der Waals surface area contributed by atoms with Crippen molar-refractivity contribution in [3.05, 3.63) is 23.0 Å². The fraction of sp³-hybridized carbons (Fsp3) is 0.333. The summed E-state index contributed by atoms with van der Waals surface area (Å²) in [7, 11) is 2.99. The van der Waals surface area contributed by atoms with Crippen molar-refractivity contribution in [3.8, 4) is 11.4 Å². The Morgan fingerprint density at radius 3 is 2.37 bits per heavy atom. The molecule has 0 aliphatic heterocycles. The van der Waals surface area contributed by atoms with E-state index >= 15 is 0 Å².